The first-order valence-electron chi connectivity index (χ1n) is 6.10. The van der Waals surface area contributed by atoms with Crippen LogP contribution in [0.5, 0.6) is 5.75 Å². The second-order valence-electron chi connectivity index (χ2n) is 4.30. The Bertz CT molecular complexity index is 724. The summed E-state index contributed by atoms with van der Waals surface area (Å²) in [6, 6.07) is 12.9. The molecule has 0 aliphatic carbocycles. The van der Waals surface area contributed by atoms with Gasteiger partial charge in [0.05, 0.1) is 18.7 Å². The fourth-order valence-corrected chi connectivity index (χ4v) is 2.45. The van der Waals surface area contributed by atoms with Crippen molar-refractivity contribution < 1.29 is 13.9 Å². The number of halogens is 2. The number of ether oxygens (including phenoxy) is 1. The molecule has 2 rings (SSSR count). The molecule has 106 valence electrons. The molecule has 0 heterocycles. The Morgan fingerprint density at radius 2 is 2.05 bits per heavy atom. The smallest absolute Gasteiger partial charge is 0.191 e. The highest BCUT2D eigenvalue weighted by atomic mass is 79.9. The summed E-state index contributed by atoms with van der Waals surface area (Å²) in [6.07, 6.45) is 0. The zero-order valence-electron chi connectivity index (χ0n) is 11.1. The van der Waals surface area contributed by atoms with Gasteiger partial charge in [-0.1, -0.05) is 34.1 Å². The van der Waals surface area contributed by atoms with Gasteiger partial charge in [0.15, 0.2) is 5.78 Å². The predicted octanol–water partition coefficient (Wildman–Crippen LogP) is 4.09. The molecule has 0 bridgehead atoms. The second-order valence-corrected chi connectivity index (χ2v) is 5.21. The molecule has 0 fully saturated rings. The van der Waals surface area contributed by atoms with E-state index in [9.17, 15) is 14.4 Å². The summed E-state index contributed by atoms with van der Waals surface area (Å²) in [5.74, 6) is -2.29. The minimum atomic E-state index is -1.09. The maximum Gasteiger partial charge on any atom is 0.191 e. The second kappa shape index (κ2) is 6.51. The third-order valence-corrected chi connectivity index (χ3v) is 3.51. The normalized spacial score (nSPS) is 11.5. The fourth-order valence-electron chi connectivity index (χ4n) is 2.03. The summed E-state index contributed by atoms with van der Waals surface area (Å²) in [5.41, 5.74) is 0.300. The number of methoxy groups -OCH3 is 1. The van der Waals surface area contributed by atoms with Gasteiger partial charge in [0, 0.05) is 4.47 Å². The van der Waals surface area contributed by atoms with Gasteiger partial charge in [-0.3, -0.25) is 4.79 Å². The van der Waals surface area contributed by atoms with E-state index in [0.29, 0.717) is 5.56 Å². The third kappa shape index (κ3) is 3.11. The van der Waals surface area contributed by atoms with Crippen LogP contribution in [0.15, 0.2) is 46.9 Å². The number of Topliss-reactive ketones (excluding diaryl/α,β-unsaturated/α-hetero) is 1. The lowest BCUT2D eigenvalue weighted by Gasteiger charge is -2.12. The number of hydrogen-bond acceptors (Lipinski definition) is 3. The van der Waals surface area contributed by atoms with E-state index < -0.39 is 17.5 Å². The van der Waals surface area contributed by atoms with E-state index in [0.717, 1.165) is 4.47 Å². The van der Waals surface area contributed by atoms with E-state index in [1.165, 1.54) is 25.3 Å². The van der Waals surface area contributed by atoms with Crippen LogP contribution < -0.4 is 4.74 Å². The zero-order chi connectivity index (χ0) is 15.4. The largest absolute Gasteiger partial charge is 0.496 e. The molecule has 2 aromatic carbocycles. The highest BCUT2D eigenvalue weighted by Crippen LogP contribution is 2.29. The Balaban J connectivity index is 2.50. The number of hydrogen-bond donors (Lipinski definition) is 0. The zero-order valence-corrected chi connectivity index (χ0v) is 12.7. The first-order valence-corrected chi connectivity index (χ1v) is 6.89. The monoisotopic (exact) mass is 347 g/mol. The van der Waals surface area contributed by atoms with Crippen molar-refractivity contribution in [3.63, 3.8) is 0 Å². The molecule has 0 N–H and O–H groups in total. The Kier molecular flexibility index (Phi) is 4.71. The number of carbonyl (C=O) groups is 1. The quantitative estimate of drug-likeness (QED) is 0.782. The molecule has 3 nitrogen and oxygen atoms in total. The lowest BCUT2D eigenvalue weighted by molar-refractivity contribution is 0.0971. The maximum atomic E-state index is 14.0. The molecule has 21 heavy (non-hydrogen) atoms. The number of ketones is 1. The van der Waals surface area contributed by atoms with Crippen molar-refractivity contribution in [2.75, 3.05) is 7.11 Å². The number of carbonyl (C=O) groups excluding carboxylic acids is 1. The number of benzene rings is 2. The molecular formula is C16H11BrFNO2. The van der Waals surface area contributed by atoms with E-state index >= 15 is 0 Å². The third-order valence-electron chi connectivity index (χ3n) is 3.01. The Morgan fingerprint density at radius 1 is 1.33 bits per heavy atom. The van der Waals surface area contributed by atoms with Gasteiger partial charge in [-0.05, 0) is 29.8 Å². The lowest BCUT2D eigenvalue weighted by atomic mass is 9.91. The van der Waals surface area contributed by atoms with Gasteiger partial charge >= 0.3 is 0 Å². The Morgan fingerprint density at radius 3 is 2.67 bits per heavy atom. The average molecular weight is 348 g/mol. The average Bonchev–Trinajstić information content (AvgIpc) is 2.47. The van der Waals surface area contributed by atoms with Crippen LogP contribution >= 0.6 is 15.9 Å². The SMILES string of the molecule is COc1cccc(F)c1C(=O)C(C#N)c1cccc(Br)c1. The summed E-state index contributed by atoms with van der Waals surface area (Å²) in [6.45, 7) is 0. The van der Waals surface area contributed by atoms with Crippen LogP contribution in [-0.4, -0.2) is 12.9 Å². The van der Waals surface area contributed by atoms with E-state index in [2.05, 4.69) is 15.9 Å². The lowest BCUT2D eigenvalue weighted by Crippen LogP contribution is -2.14. The maximum absolute atomic E-state index is 14.0. The number of nitrogens with zero attached hydrogens (tertiary/aromatic N) is 1. The standard InChI is InChI=1S/C16H11BrFNO2/c1-21-14-7-3-6-13(18)15(14)16(20)12(9-19)10-4-2-5-11(17)8-10/h2-8,12H,1H3. The minimum absolute atomic E-state index is 0.121. The molecule has 1 unspecified atom stereocenters. The minimum Gasteiger partial charge on any atom is -0.496 e. The van der Waals surface area contributed by atoms with Gasteiger partial charge < -0.3 is 4.74 Å². The van der Waals surface area contributed by atoms with Gasteiger partial charge in [-0.2, -0.15) is 5.26 Å². The van der Waals surface area contributed by atoms with Crippen LogP contribution in [0.2, 0.25) is 0 Å². The molecule has 0 amide bonds. The van der Waals surface area contributed by atoms with Crippen LogP contribution in [0.3, 0.4) is 0 Å². The fraction of sp³-hybridized carbons (Fsp3) is 0.125. The van der Waals surface area contributed by atoms with Crippen molar-refractivity contribution in [2.45, 2.75) is 5.92 Å². The van der Waals surface area contributed by atoms with E-state index in [1.54, 1.807) is 24.3 Å². The molecule has 5 heteroatoms. The van der Waals surface area contributed by atoms with Crippen molar-refractivity contribution in [3.8, 4) is 11.8 Å². The molecule has 0 aliphatic heterocycles. The molecule has 1 atom stereocenters. The molecule has 0 radical (unpaired) electrons. The van der Waals surface area contributed by atoms with E-state index in [1.807, 2.05) is 6.07 Å². The molecule has 0 aromatic heterocycles. The van der Waals surface area contributed by atoms with Crippen LogP contribution in [0.1, 0.15) is 21.8 Å². The topological polar surface area (TPSA) is 50.1 Å². The highest BCUT2D eigenvalue weighted by Gasteiger charge is 2.27. The van der Waals surface area contributed by atoms with Crippen molar-refractivity contribution in [3.05, 3.63) is 63.9 Å². The summed E-state index contributed by atoms with van der Waals surface area (Å²) in [4.78, 5) is 12.5. The van der Waals surface area contributed by atoms with Gasteiger partial charge in [-0.25, -0.2) is 4.39 Å². The van der Waals surface area contributed by atoms with Gasteiger partial charge in [0.1, 0.15) is 17.5 Å². The van der Waals surface area contributed by atoms with Crippen molar-refractivity contribution in [2.24, 2.45) is 0 Å². The molecule has 0 saturated carbocycles. The van der Waals surface area contributed by atoms with Crippen LogP contribution in [0.25, 0.3) is 0 Å². The van der Waals surface area contributed by atoms with E-state index in [-0.39, 0.29) is 11.3 Å². The first kappa shape index (κ1) is 15.2. The van der Waals surface area contributed by atoms with Gasteiger partial charge in [0.25, 0.3) is 0 Å². The molecule has 2 aromatic rings. The van der Waals surface area contributed by atoms with Gasteiger partial charge in [0.2, 0.25) is 0 Å². The van der Waals surface area contributed by atoms with Crippen LogP contribution in [-0.2, 0) is 0 Å². The van der Waals surface area contributed by atoms with Gasteiger partial charge in [-0.15, -0.1) is 0 Å². The molecule has 0 spiro atoms. The predicted molar refractivity (Wildman–Crippen MR) is 79.8 cm³/mol. The summed E-state index contributed by atoms with van der Waals surface area (Å²) >= 11 is 3.29. The summed E-state index contributed by atoms with van der Waals surface area (Å²) in [7, 11) is 1.35. The first-order chi connectivity index (χ1) is 10.1. The summed E-state index contributed by atoms with van der Waals surface area (Å²) in [5, 5.41) is 9.31. The van der Waals surface area contributed by atoms with Crippen LogP contribution in [0, 0.1) is 17.1 Å². The van der Waals surface area contributed by atoms with E-state index in [4.69, 9.17) is 4.74 Å². The number of nitriles is 1. The Labute approximate surface area is 130 Å². The number of rotatable bonds is 4. The highest BCUT2D eigenvalue weighted by molar-refractivity contribution is 9.10. The molecular weight excluding hydrogens is 337 g/mol. The molecule has 0 aliphatic rings. The van der Waals surface area contributed by atoms with Crippen molar-refractivity contribution in [1.29, 1.82) is 5.26 Å². The van der Waals surface area contributed by atoms with Crippen molar-refractivity contribution in [1.82, 2.24) is 0 Å². The summed E-state index contributed by atoms with van der Waals surface area (Å²) < 4.78 is 19.7. The molecule has 0 saturated heterocycles. The van der Waals surface area contributed by atoms with Crippen molar-refractivity contribution >= 4 is 21.7 Å². The Hall–Kier alpha value is -2.19. The van der Waals surface area contributed by atoms with Crippen LogP contribution in [0.4, 0.5) is 4.39 Å².